The first-order chi connectivity index (χ1) is 9.61. The van der Waals surface area contributed by atoms with E-state index in [9.17, 15) is 27.1 Å². The van der Waals surface area contributed by atoms with Crippen LogP contribution >= 0.6 is 0 Å². The lowest BCUT2D eigenvalue weighted by molar-refractivity contribution is -0.144. The summed E-state index contributed by atoms with van der Waals surface area (Å²) in [5, 5.41) is 9.36. The summed E-state index contributed by atoms with van der Waals surface area (Å²) in [6.45, 7) is 3.78. The van der Waals surface area contributed by atoms with E-state index in [-0.39, 0.29) is 24.7 Å². The van der Waals surface area contributed by atoms with Gasteiger partial charge in [-0.2, -0.15) is 0 Å². The molecule has 0 saturated heterocycles. The summed E-state index contributed by atoms with van der Waals surface area (Å²) in [6, 6.07) is 2.13. The second-order valence-electron chi connectivity index (χ2n) is 5.79. The highest BCUT2D eigenvalue weighted by atomic mass is 32.2. The van der Waals surface area contributed by atoms with Gasteiger partial charge in [-0.3, -0.25) is 4.79 Å². The van der Waals surface area contributed by atoms with Gasteiger partial charge in [-0.25, -0.2) is 17.2 Å². The average molecular weight is 318 g/mol. The van der Waals surface area contributed by atoms with Crippen molar-refractivity contribution in [3.8, 4) is 0 Å². The van der Waals surface area contributed by atoms with Crippen LogP contribution in [0.4, 0.5) is 8.78 Å². The molecule has 21 heavy (non-hydrogen) atoms. The van der Waals surface area contributed by atoms with E-state index < -0.39 is 37.1 Å². The molecule has 0 atom stereocenters. The Morgan fingerprint density at radius 2 is 1.86 bits per heavy atom. The minimum atomic E-state index is -4.28. The number of carbonyl (C=O) groups is 1. The molecule has 116 valence electrons. The first kappa shape index (κ1) is 15.9. The SMILES string of the molecule is CC(C)C1CC(C(=O)O)(S(=O)(=O)c2ccc(F)c(F)c2)C1. The summed E-state index contributed by atoms with van der Waals surface area (Å²) in [5.74, 6) is -3.77. The van der Waals surface area contributed by atoms with E-state index in [1.54, 1.807) is 0 Å². The lowest BCUT2D eigenvalue weighted by Crippen LogP contribution is -2.57. The molecule has 0 aromatic heterocycles. The van der Waals surface area contributed by atoms with Crippen LogP contribution in [0.5, 0.6) is 0 Å². The van der Waals surface area contributed by atoms with E-state index >= 15 is 0 Å². The van der Waals surface area contributed by atoms with Crippen LogP contribution < -0.4 is 0 Å². The van der Waals surface area contributed by atoms with Crippen molar-refractivity contribution in [2.24, 2.45) is 11.8 Å². The molecule has 0 heterocycles. The number of aliphatic carboxylic acids is 1. The highest BCUT2D eigenvalue weighted by Crippen LogP contribution is 2.49. The second kappa shape index (κ2) is 5.05. The van der Waals surface area contributed by atoms with Crippen molar-refractivity contribution in [3.63, 3.8) is 0 Å². The van der Waals surface area contributed by atoms with E-state index in [0.717, 1.165) is 6.07 Å². The normalized spacial score (nSPS) is 25.7. The topological polar surface area (TPSA) is 71.4 Å². The fourth-order valence-corrected chi connectivity index (χ4v) is 4.69. The number of rotatable bonds is 4. The summed E-state index contributed by atoms with van der Waals surface area (Å²) < 4.78 is 49.3. The van der Waals surface area contributed by atoms with Crippen molar-refractivity contribution >= 4 is 15.8 Å². The summed E-state index contributed by atoms with van der Waals surface area (Å²) in [7, 11) is -4.28. The number of carboxylic acids is 1. The van der Waals surface area contributed by atoms with Crippen LogP contribution in [0.25, 0.3) is 0 Å². The summed E-state index contributed by atoms with van der Waals surface area (Å²) in [5.41, 5.74) is 0. The molecule has 1 aliphatic carbocycles. The fourth-order valence-electron chi connectivity index (χ4n) is 2.64. The molecule has 0 aliphatic heterocycles. The lowest BCUT2D eigenvalue weighted by atomic mass is 9.69. The van der Waals surface area contributed by atoms with E-state index in [2.05, 4.69) is 0 Å². The van der Waals surface area contributed by atoms with E-state index in [4.69, 9.17) is 0 Å². The Morgan fingerprint density at radius 3 is 2.29 bits per heavy atom. The van der Waals surface area contributed by atoms with Crippen molar-refractivity contribution in [1.82, 2.24) is 0 Å². The first-order valence-corrected chi connectivity index (χ1v) is 8.03. The predicted octanol–water partition coefficient (Wildman–Crippen LogP) is 2.63. The number of sulfone groups is 1. The average Bonchev–Trinajstić information content (AvgIpc) is 2.29. The van der Waals surface area contributed by atoms with Crippen molar-refractivity contribution < 1.29 is 27.1 Å². The van der Waals surface area contributed by atoms with Gasteiger partial charge < -0.3 is 5.11 Å². The smallest absolute Gasteiger partial charge is 0.325 e. The van der Waals surface area contributed by atoms with Crippen LogP contribution in [-0.2, 0) is 14.6 Å². The van der Waals surface area contributed by atoms with Gasteiger partial charge in [0, 0.05) is 0 Å². The van der Waals surface area contributed by atoms with Crippen molar-refractivity contribution in [2.75, 3.05) is 0 Å². The second-order valence-corrected chi connectivity index (χ2v) is 8.05. The summed E-state index contributed by atoms with van der Waals surface area (Å²) in [6.07, 6.45) is -0.0251. The minimum Gasteiger partial charge on any atom is -0.480 e. The molecule has 1 saturated carbocycles. The van der Waals surface area contributed by atoms with Crippen molar-refractivity contribution in [3.05, 3.63) is 29.8 Å². The zero-order valence-corrected chi connectivity index (χ0v) is 12.5. The molecule has 0 amide bonds. The minimum absolute atomic E-state index is 0.0126. The molecular weight excluding hydrogens is 302 g/mol. The largest absolute Gasteiger partial charge is 0.480 e. The zero-order valence-electron chi connectivity index (χ0n) is 11.6. The Hall–Kier alpha value is -1.50. The van der Waals surface area contributed by atoms with Crippen LogP contribution in [0.15, 0.2) is 23.1 Å². The molecule has 1 aromatic rings. The molecule has 0 spiro atoms. The number of halogens is 2. The van der Waals surface area contributed by atoms with Gasteiger partial charge in [-0.05, 0) is 42.9 Å². The standard InChI is InChI=1S/C14H16F2O4S/c1-8(2)9-6-14(7-9,13(17)18)21(19,20)10-3-4-11(15)12(16)5-10/h3-5,8-9H,6-7H2,1-2H3,(H,17,18). The Bertz CT molecular complexity index is 676. The monoisotopic (exact) mass is 318 g/mol. The molecule has 0 bridgehead atoms. The Balaban J connectivity index is 2.45. The molecule has 2 rings (SSSR count). The molecule has 0 unspecified atom stereocenters. The highest BCUT2D eigenvalue weighted by molar-refractivity contribution is 7.93. The molecule has 1 fully saturated rings. The maximum atomic E-state index is 13.2. The van der Waals surface area contributed by atoms with Crippen LogP contribution in [0.1, 0.15) is 26.7 Å². The molecule has 1 aromatic carbocycles. The van der Waals surface area contributed by atoms with Crippen LogP contribution in [0.3, 0.4) is 0 Å². The fraction of sp³-hybridized carbons (Fsp3) is 0.500. The molecule has 0 radical (unpaired) electrons. The quantitative estimate of drug-likeness (QED) is 0.866. The van der Waals surface area contributed by atoms with E-state index in [1.807, 2.05) is 13.8 Å². The number of hydrogen-bond acceptors (Lipinski definition) is 3. The number of benzene rings is 1. The zero-order chi connectivity index (χ0) is 16.0. The van der Waals surface area contributed by atoms with Gasteiger partial charge in [0.2, 0.25) is 0 Å². The third kappa shape index (κ3) is 2.33. The molecule has 4 nitrogen and oxygen atoms in total. The Morgan fingerprint density at radius 1 is 1.29 bits per heavy atom. The molecule has 1 N–H and O–H groups in total. The van der Waals surface area contributed by atoms with Crippen molar-refractivity contribution in [1.29, 1.82) is 0 Å². The third-order valence-electron chi connectivity index (χ3n) is 4.23. The van der Waals surface area contributed by atoms with Gasteiger partial charge in [-0.1, -0.05) is 13.8 Å². The van der Waals surface area contributed by atoms with Gasteiger partial charge in [-0.15, -0.1) is 0 Å². The van der Waals surface area contributed by atoms with Crippen molar-refractivity contribution in [2.45, 2.75) is 36.3 Å². The van der Waals surface area contributed by atoms with Crippen LogP contribution in [0, 0.1) is 23.5 Å². The molecule has 1 aliphatic rings. The van der Waals surface area contributed by atoms with Crippen LogP contribution in [0.2, 0.25) is 0 Å². The first-order valence-electron chi connectivity index (χ1n) is 6.55. The van der Waals surface area contributed by atoms with Gasteiger partial charge in [0.05, 0.1) is 4.90 Å². The van der Waals surface area contributed by atoms with E-state index in [0.29, 0.717) is 12.1 Å². The Kier molecular flexibility index (Phi) is 3.82. The Labute approximate surface area is 121 Å². The summed E-state index contributed by atoms with van der Waals surface area (Å²) in [4.78, 5) is 11.0. The maximum Gasteiger partial charge on any atom is 0.325 e. The third-order valence-corrected chi connectivity index (χ3v) is 6.64. The van der Waals surface area contributed by atoms with Gasteiger partial charge in [0.25, 0.3) is 0 Å². The number of carboxylic acid groups (broad SMARTS) is 1. The summed E-state index contributed by atoms with van der Waals surface area (Å²) >= 11 is 0. The maximum absolute atomic E-state index is 13.2. The van der Waals surface area contributed by atoms with Gasteiger partial charge >= 0.3 is 5.97 Å². The highest BCUT2D eigenvalue weighted by Gasteiger charge is 2.60. The molecule has 7 heteroatoms. The van der Waals surface area contributed by atoms with Gasteiger partial charge in [0.15, 0.2) is 26.2 Å². The van der Waals surface area contributed by atoms with E-state index in [1.165, 1.54) is 0 Å². The lowest BCUT2D eigenvalue weighted by Gasteiger charge is -2.45. The number of hydrogen-bond donors (Lipinski definition) is 1. The predicted molar refractivity (Wildman–Crippen MR) is 71.5 cm³/mol. The molecular formula is C14H16F2O4S. The van der Waals surface area contributed by atoms with Crippen LogP contribution in [-0.4, -0.2) is 24.2 Å². The van der Waals surface area contributed by atoms with Gasteiger partial charge in [0.1, 0.15) is 0 Å².